The van der Waals surface area contributed by atoms with Crippen molar-refractivity contribution in [3.8, 4) is 16.9 Å². The number of alkyl halides is 1. The number of hydrogen-bond acceptors (Lipinski definition) is 8. The maximum atomic E-state index is 14.9. The average Bonchev–Trinajstić information content (AvgIpc) is 3.50. The molecule has 0 radical (unpaired) electrons. The predicted molar refractivity (Wildman–Crippen MR) is 136 cm³/mol. The number of likely N-dealkylation sites (tertiary alicyclic amines) is 1. The first kappa shape index (κ1) is 21.9. The number of anilines is 2. The fourth-order valence-electron chi connectivity index (χ4n) is 4.46. The van der Waals surface area contributed by atoms with Crippen LogP contribution < -0.4 is 10.1 Å². The zero-order valence-electron chi connectivity index (χ0n) is 19.3. The fourth-order valence-corrected chi connectivity index (χ4v) is 5.18. The van der Waals surface area contributed by atoms with Gasteiger partial charge in [-0.1, -0.05) is 0 Å². The Balaban J connectivity index is 1.46. The third-order valence-electron chi connectivity index (χ3n) is 6.29. The topological polar surface area (TPSA) is 81.0 Å². The number of piperidine rings is 1. The second kappa shape index (κ2) is 8.86. The van der Waals surface area contributed by atoms with Crippen LogP contribution in [0.25, 0.3) is 32.2 Å². The molecular formula is C25H24FN7OS. The van der Waals surface area contributed by atoms with Crippen molar-refractivity contribution in [2.75, 3.05) is 25.5 Å². The smallest absolute Gasteiger partial charge is 0.145 e. The Bertz CT molecular complexity index is 1520. The summed E-state index contributed by atoms with van der Waals surface area (Å²) in [5, 5.41) is 8.42. The van der Waals surface area contributed by atoms with E-state index < -0.39 is 12.3 Å². The molecule has 2 atom stereocenters. The van der Waals surface area contributed by atoms with Crippen molar-refractivity contribution >= 4 is 44.0 Å². The highest BCUT2D eigenvalue weighted by molar-refractivity contribution is 7.16. The van der Waals surface area contributed by atoms with Gasteiger partial charge in [-0.3, -0.25) is 4.68 Å². The number of likely N-dealkylation sites (N-methyl/N-ethyl adjacent to an activating group) is 1. The Morgan fingerprint density at radius 1 is 1.09 bits per heavy atom. The van der Waals surface area contributed by atoms with E-state index in [1.807, 2.05) is 56.1 Å². The quantitative estimate of drug-likeness (QED) is 0.380. The molecule has 3 aromatic heterocycles. The maximum Gasteiger partial charge on any atom is 0.145 e. The molecule has 0 spiro atoms. The van der Waals surface area contributed by atoms with Crippen LogP contribution in [0.2, 0.25) is 0 Å². The van der Waals surface area contributed by atoms with Crippen molar-refractivity contribution in [1.29, 1.82) is 0 Å². The molecule has 4 heterocycles. The molecule has 8 nitrogen and oxygen atoms in total. The van der Waals surface area contributed by atoms with Crippen molar-refractivity contribution in [3.05, 3.63) is 54.6 Å². The van der Waals surface area contributed by atoms with Crippen LogP contribution in [0.5, 0.6) is 5.75 Å². The van der Waals surface area contributed by atoms with Gasteiger partial charge >= 0.3 is 0 Å². The van der Waals surface area contributed by atoms with Gasteiger partial charge < -0.3 is 15.0 Å². The van der Waals surface area contributed by atoms with E-state index in [1.165, 1.54) is 6.33 Å². The standard InChI is InChI=1S/C25H24FN7OS/c1-32-6-5-18(26)22(12-32)34-21-8-15(16-10-30-33(2)11-16)7-20-24(21)25(28-13-27-20)31-17-3-4-19-23(9-17)35-14-29-19/h3-4,7-11,13-14,18,22H,5-6,12H2,1-2H3,(H,27,28,31)/t18-,22+/m0/s1. The molecule has 10 heteroatoms. The highest BCUT2D eigenvalue weighted by Crippen LogP contribution is 2.38. The summed E-state index contributed by atoms with van der Waals surface area (Å²) in [6.45, 7) is 1.23. The van der Waals surface area contributed by atoms with Crippen LogP contribution in [0.4, 0.5) is 15.9 Å². The third-order valence-corrected chi connectivity index (χ3v) is 7.09. The van der Waals surface area contributed by atoms with Gasteiger partial charge in [-0.2, -0.15) is 5.10 Å². The zero-order chi connectivity index (χ0) is 23.9. The minimum Gasteiger partial charge on any atom is -0.485 e. The first-order valence-electron chi connectivity index (χ1n) is 11.4. The zero-order valence-corrected chi connectivity index (χ0v) is 20.2. The largest absolute Gasteiger partial charge is 0.485 e. The third kappa shape index (κ3) is 4.30. The lowest BCUT2D eigenvalue weighted by molar-refractivity contribution is 0.0305. The molecule has 35 heavy (non-hydrogen) atoms. The first-order chi connectivity index (χ1) is 17.0. The fraction of sp³-hybridized carbons (Fsp3) is 0.280. The Morgan fingerprint density at radius 2 is 2.00 bits per heavy atom. The van der Waals surface area contributed by atoms with Crippen LogP contribution >= 0.6 is 11.3 Å². The molecule has 1 N–H and O–H groups in total. The minimum absolute atomic E-state index is 0.442. The molecule has 5 aromatic rings. The maximum absolute atomic E-state index is 14.9. The number of fused-ring (bicyclic) bond motifs is 2. The van der Waals surface area contributed by atoms with E-state index in [9.17, 15) is 4.39 Å². The SMILES string of the molecule is CN1CC[C@H](F)[C@H](Oc2cc(-c3cnn(C)c3)cc3ncnc(Nc4ccc5ncsc5c4)c23)C1. The summed E-state index contributed by atoms with van der Waals surface area (Å²) in [6, 6.07) is 9.90. The number of aryl methyl sites for hydroxylation is 1. The van der Waals surface area contributed by atoms with Crippen molar-refractivity contribution in [2.45, 2.75) is 18.7 Å². The van der Waals surface area contributed by atoms with Crippen molar-refractivity contribution < 1.29 is 9.13 Å². The number of halogens is 1. The van der Waals surface area contributed by atoms with Crippen LogP contribution in [-0.4, -0.2) is 62.0 Å². The summed E-state index contributed by atoms with van der Waals surface area (Å²) >= 11 is 1.58. The van der Waals surface area contributed by atoms with Gasteiger partial charge in [0.15, 0.2) is 0 Å². The highest BCUT2D eigenvalue weighted by atomic mass is 32.1. The van der Waals surface area contributed by atoms with Crippen LogP contribution in [-0.2, 0) is 7.05 Å². The molecule has 1 aliphatic rings. The number of ether oxygens (including phenoxy) is 1. The summed E-state index contributed by atoms with van der Waals surface area (Å²) in [6.07, 6.45) is 4.07. The van der Waals surface area contributed by atoms with E-state index in [4.69, 9.17) is 4.74 Å². The molecule has 0 unspecified atom stereocenters. The van der Waals surface area contributed by atoms with E-state index in [0.717, 1.165) is 27.0 Å². The molecule has 1 aliphatic heterocycles. The van der Waals surface area contributed by atoms with Crippen LogP contribution in [0.1, 0.15) is 6.42 Å². The van der Waals surface area contributed by atoms with Gasteiger partial charge in [0.1, 0.15) is 30.2 Å². The minimum atomic E-state index is -1.04. The van der Waals surface area contributed by atoms with Crippen LogP contribution in [0.15, 0.2) is 54.6 Å². The summed E-state index contributed by atoms with van der Waals surface area (Å²) in [7, 11) is 3.86. The number of nitrogens with one attached hydrogen (secondary N) is 1. The van der Waals surface area contributed by atoms with Crippen molar-refractivity contribution in [1.82, 2.24) is 29.6 Å². The number of benzene rings is 2. The molecule has 1 saturated heterocycles. The summed E-state index contributed by atoms with van der Waals surface area (Å²) in [4.78, 5) is 15.5. The molecule has 0 saturated carbocycles. The summed E-state index contributed by atoms with van der Waals surface area (Å²) in [5.74, 6) is 1.15. The molecule has 0 amide bonds. The van der Waals surface area contributed by atoms with E-state index in [-0.39, 0.29) is 0 Å². The van der Waals surface area contributed by atoms with Gasteiger partial charge in [-0.15, -0.1) is 11.3 Å². The summed E-state index contributed by atoms with van der Waals surface area (Å²) in [5.41, 5.74) is 6.20. The first-order valence-corrected chi connectivity index (χ1v) is 12.3. The normalized spacial score (nSPS) is 18.8. The lowest BCUT2D eigenvalue weighted by Crippen LogP contribution is -2.46. The number of thiazole rings is 1. The van der Waals surface area contributed by atoms with Gasteiger partial charge in [0.05, 0.1) is 32.8 Å². The highest BCUT2D eigenvalue weighted by Gasteiger charge is 2.30. The van der Waals surface area contributed by atoms with Gasteiger partial charge in [-0.25, -0.2) is 19.3 Å². The molecule has 1 fully saturated rings. The lowest BCUT2D eigenvalue weighted by atomic mass is 10.0. The monoisotopic (exact) mass is 489 g/mol. The Kier molecular flexibility index (Phi) is 5.54. The summed E-state index contributed by atoms with van der Waals surface area (Å²) < 4.78 is 24.1. The predicted octanol–water partition coefficient (Wildman–Crippen LogP) is 4.80. The van der Waals surface area contributed by atoms with Gasteiger partial charge in [0.25, 0.3) is 0 Å². The molecule has 0 aliphatic carbocycles. The number of nitrogens with zero attached hydrogens (tertiary/aromatic N) is 6. The molecular weight excluding hydrogens is 465 g/mol. The van der Waals surface area contributed by atoms with E-state index in [2.05, 4.69) is 30.3 Å². The second-order valence-electron chi connectivity index (χ2n) is 8.88. The van der Waals surface area contributed by atoms with Gasteiger partial charge in [0.2, 0.25) is 0 Å². The molecule has 178 valence electrons. The number of aromatic nitrogens is 5. The van der Waals surface area contributed by atoms with Gasteiger partial charge in [-0.05, 0) is 49.4 Å². The Labute approximate surface area is 205 Å². The molecule has 0 bridgehead atoms. The van der Waals surface area contributed by atoms with Crippen LogP contribution in [0, 0.1) is 0 Å². The lowest BCUT2D eigenvalue weighted by Gasteiger charge is -2.33. The number of rotatable bonds is 5. The molecule has 6 rings (SSSR count). The second-order valence-corrected chi connectivity index (χ2v) is 9.76. The molecule has 2 aromatic carbocycles. The number of hydrogen-bond donors (Lipinski definition) is 1. The van der Waals surface area contributed by atoms with E-state index >= 15 is 0 Å². The van der Waals surface area contributed by atoms with Crippen LogP contribution in [0.3, 0.4) is 0 Å². The Morgan fingerprint density at radius 3 is 2.86 bits per heavy atom. The Hall–Kier alpha value is -3.63. The van der Waals surface area contributed by atoms with E-state index in [1.54, 1.807) is 22.2 Å². The average molecular weight is 490 g/mol. The van der Waals surface area contributed by atoms with Gasteiger partial charge in [0, 0.05) is 37.6 Å². The van der Waals surface area contributed by atoms with E-state index in [0.29, 0.717) is 42.0 Å². The van der Waals surface area contributed by atoms with Crippen molar-refractivity contribution in [2.24, 2.45) is 7.05 Å². The van der Waals surface area contributed by atoms with Crippen molar-refractivity contribution in [3.63, 3.8) is 0 Å².